The molecule has 0 aromatic rings. The van der Waals surface area contributed by atoms with Crippen LogP contribution in [0.4, 0.5) is 0 Å². The number of likely N-dealkylation sites (tertiary alicyclic amines) is 2. The summed E-state index contributed by atoms with van der Waals surface area (Å²) in [5.41, 5.74) is -4.62. The van der Waals surface area contributed by atoms with Gasteiger partial charge in [-0.15, -0.1) is 0 Å². The highest BCUT2D eigenvalue weighted by Gasteiger charge is 2.41. The standard InChI is InChI=1S/C61H111N11O10/c1-15-17-19-20-21-24-28-44(64-55(79)48-29-27-36-72(48)50(74)30-23-18-16-2)51(75)65-46(39-42(5)6)53(77)68-60(11,12)57(81)67-45(38-41(3)4)52(76)66-47(40-43(7)8)54(78)69-61(13,14)58(82)70-59(9,10)56(80)63-32-31-49(73)62-33-37-71-34-25-22-26-35-71/h41-48H,15-40H2,1-14H3,(H,62,73)(H,63,80)(H,64,79)(H,65,75)(H,66,76)(H,67,81)(H,68,77)(H,69,78)(H,70,82)/t44-,45-,46-,47-,48-/m0/s1. The van der Waals surface area contributed by atoms with E-state index in [1.54, 1.807) is 4.90 Å². The van der Waals surface area contributed by atoms with Crippen LogP contribution in [-0.4, -0.2) is 155 Å². The lowest BCUT2D eigenvalue weighted by molar-refractivity contribution is -0.140. The van der Waals surface area contributed by atoms with Gasteiger partial charge in [-0.3, -0.25) is 47.9 Å². The number of amides is 10. The summed E-state index contributed by atoms with van der Waals surface area (Å²) in [5, 5.41) is 25.3. The average Bonchev–Trinajstić information content (AvgIpc) is 4.04. The molecular formula is C61H111N11O10. The van der Waals surface area contributed by atoms with Crippen LogP contribution in [0.15, 0.2) is 0 Å². The fraction of sp³-hybridized carbons (Fsp3) is 0.836. The van der Waals surface area contributed by atoms with Crippen molar-refractivity contribution in [2.75, 3.05) is 39.3 Å². The van der Waals surface area contributed by atoms with E-state index in [0.717, 1.165) is 83.8 Å². The fourth-order valence-corrected chi connectivity index (χ4v) is 10.2. The monoisotopic (exact) mass is 1160 g/mol. The summed E-state index contributed by atoms with van der Waals surface area (Å²) in [5.74, 6) is -5.36. The number of carbonyl (C=O) groups excluding carboxylic acids is 10. The lowest BCUT2D eigenvalue weighted by atomic mass is 9.96. The van der Waals surface area contributed by atoms with Crippen molar-refractivity contribution < 1.29 is 47.9 Å². The van der Waals surface area contributed by atoms with E-state index >= 15 is 0 Å². The highest BCUT2D eigenvalue weighted by molar-refractivity contribution is 6.00. The van der Waals surface area contributed by atoms with Gasteiger partial charge in [0.05, 0.1) is 0 Å². The summed E-state index contributed by atoms with van der Waals surface area (Å²) < 4.78 is 0. The largest absolute Gasteiger partial charge is 0.355 e. The van der Waals surface area contributed by atoms with Crippen LogP contribution in [0.2, 0.25) is 0 Å². The van der Waals surface area contributed by atoms with Gasteiger partial charge < -0.3 is 57.7 Å². The van der Waals surface area contributed by atoms with Crippen LogP contribution in [0.1, 0.15) is 225 Å². The molecule has 82 heavy (non-hydrogen) atoms. The number of unbranched alkanes of at least 4 members (excludes halogenated alkanes) is 7. The van der Waals surface area contributed by atoms with Gasteiger partial charge >= 0.3 is 0 Å². The number of hydrogen-bond acceptors (Lipinski definition) is 11. The molecule has 21 heteroatoms. The van der Waals surface area contributed by atoms with Crippen molar-refractivity contribution in [3.05, 3.63) is 0 Å². The quantitative estimate of drug-likeness (QED) is 0.0363. The van der Waals surface area contributed by atoms with Gasteiger partial charge in [0.15, 0.2) is 0 Å². The van der Waals surface area contributed by atoms with Crippen LogP contribution in [0.25, 0.3) is 0 Å². The normalized spacial score (nSPS) is 16.6. The summed E-state index contributed by atoms with van der Waals surface area (Å²) in [6.45, 7) is 28.3. The Labute approximate surface area is 492 Å². The van der Waals surface area contributed by atoms with Gasteiger partial charge in [0.1, 0.15) is 46.8 Å². The Kier molecular flexibility index (Phi) is 32.3. The zero-order valence-electron chi connectivity index (χ0n) is 53.0. The molecule has 21 nitrogen and oxygen atoms in total. The van der Waals surface area contributed by atoms with E-state index < -0.39 is 94.1 Å². The molecule has 2 fully saturated rings. The molecule has 0 aromatic carbocycles. The molecule has 0 spiro atoms. The Balaban J connectivity index is 2.18. The Hall–Kier alpha value is -5.34. The number of nitrogens with zero attached hydrogens (tertiary/aromatic N) is 2. The molecule has 470 valence electrons. The van der Waals surface area contributed by atoms with Crippen molar-refractivity contribution in [1.82, 2.24) is 57.7 Å². The van der Waals surface area contributed by atoms with Gasteiger partial charge in [0.2, 0.25) is 59.1 Å². The van der Waals surface area contributed by atoms with Gasteiger partial charge in [0.25, 0.3) is 0 Å². The van der Waals surface area contributed by atoms with Crippen LogP contribution in [-0.2, 0) is 47.9 Å². The summed E-state index contributed by atoms with van der Waals surface area (Å²) in [7, 11) is 0. The van der Waals surface area contributed by atoms with Crippen molar-refractivity contribution in [3.63, 3.8) is 0 Å². The summed E-state index contributed by atoms with van der Waals surface area (Å²) in [4.78, 5) is 142. The summed E-state index contributed by atoms with van der Waals surface area (Å²) in [6.07, 6.45) is 14.4. The molecule has 5 atom stereocenters. The Bertz CT molecular complexity index is 2070. The highest BCUT2D eigenvalue weighted by atomic mass is 16.2. The highest BCUT2D eigenvalue weighted by Crippen LogP contribution is 2.21. The molecule has 2 heterocycles. The number of nitrogens with one attached hydrogen (secondary N) is 9. The average molecular weight is 1160 g/mol. The molecule has 2 aliphatic rings. The van der Waals surface area contributed by atoms with Gasteiger partial charge in [-0.05, 0) is 130 Å². The van der Waals surface area contributed by atoms with Crippen LogP contribution in [0.5, 0.6) is 0 Å². The van der Waals surface area contributed by atoms with E-state index in [2.05, 4.69) is 66.6 Å². The summed E-state index contributed by atoms with van der Waals surface area (Å²) in [6, 6.07) is -5.07. The molecule has 0 radical (unpaired) electrons. The molecule has 0 aromatic heterocycles. The second-order valence-electron chi connectivity index (χ2n) is 25.9. The van der Waals surface area contributed by atoms with E-state index in [-0.39, 0.29) is 61.8 Å². The topological polar surface area (TPSA) is 285 Å². The Morgan fingerprint density at radius 3 is 1.50 bits per heavy atom. The van der Waals surface area contributed by atoms with E-state index in [0.29, 0.717) is 45.2 Å². The minimum absolute atomic E-state index is 0.0572. The predicted molar refractivity (Wildman–Crippen MR) is 321 cm³/mol. The van der Waals surface area contributed by atoms with Gasteiger partial charge in [0, 0.05) is 39.0 Å². The minimum Gasteiger partial charge on any atom is -0.355 e. The Morgan fingerprint density at radius 1 is 0.463 bits per heavy atom. The number of hydrogen-bond donors (Lipinski definition) is 9. The third-order valence-electron chi connectivity index (χ3n) is 15.2. The zero-order valence-corrected chi connectivity index (χ0v) is 53.0. The SMILES string of the molecule is CCCCCCCC[C@H](NC(=O)[C@@H]1CCCN1C(=O)CCCCC)C(=O)N[C@@H](CC(C)C)C(=O)NC(C)(C)C(=O)N[C@@H](CC(C)C)C(=O)N[C@@H](CC(C)C)C(=O)NC(C)(C)C(=O)NC(C)(C)C(=O)NCCC(=O)NCCN1CCCCC1. The van der Waals surface area contributed by atoms with Crippen molar-refractivity contribution in [1.29, 1.82) is 0 Å². The van der Waals surface area contributed by atoms with E-state index in [1.165, 1.54) is 48.0 Å². The minimum atomic E-state index is -1.62. The first-order valence-electron chi connectivity index (χ1n) is 31.2. The van der Waals surface area contributed by atoms with Crippen molar-refractivity contribution >= 4 is 59.1 Å². The van der Waals surface area contributed by atoms with Crippen molar-refractivity contribution in [2.45, 2.75) is 272 Å². The van der Waals surface area contributed by atoms with E-state index in [9.17, 15) is 47.9 Å². The van der Waals surface area contributed by atoms with Gasteiger partial charge in [-0.2, -0.15) is 0 Å². The van der Waals surface area contributed by atoms with E-state index in [1.807, 2.05) is 41.5 Å². The molecule has 9 N–H and O–H groups in total. The number of rotatable bonds is 38. The van der Waals surface area contributed by atoms with Gasteiger partial charge in [-0.25, -0.2) is 0 Å². The third kappa shape index (κ3) is 26.9. The first kappa shape index (κ1) is 72.8. The molecule has 2 saturated heterocycles. The maximum absolute atomic E-state index is 14.3. The van der Waals surface area contributed by atoms with Crippen molar-refractivity contribution in [2.24, 2.45) is 17.8 Å². The maximum Gasteiger partial charge on any atom is 0.246 e. The Morgan fingerprint density at radius 2 is 0.951 bits per heavy atom. The van der Waals surface area contributed by atoms with Gasteiger partial charge in [-0.1, -0.05) is 113 Å². The predicted octanol–water partition coefficient (Wildman–Crippen LogP) is 5.18. The molecule has 0 saturated carbocycles. The summed E-state index contributed by atoms with van der Waals surface area (Å²) >= 11 is 0. The second kappa shape index (κ2) is 36.4. The molecule has 0 bridgehead atoms. The first-order valence-corrected chi connectivity index (χ1v) is 31.2. The van der Waals surface area contributed by atoms with Crippen LogP contribution < -0.4 is 47.9 Å². The second-order valence-corrected chi connectivity index (χ2v) is 25.9. The van der Waals surface area contributed by atoms with Crippen molar-refractivity contribution in [3.8, 4) is 0 Å². The van der Waals surface area contributed by atoms with Crippen LogP contribution >= 0.6 is 0 Å². The lowest BCUT2D eigenvalue weighted by Gasteiger charge is -2.34. The smallest absolute Gasteiger partial charge is 0.246 e. The number of piperidine rings is 1. The first-order chi connectivity index (χ1) is 38.4. The molecule has 0 unspecified atom stereocenters. The molecule has 2 aliphatic heterocycles. The fourth-order valence-electron chi connectivity index (χ4n) is 10.2. The zero-order chi connectivity index (χ0) is 61.8. The third-order valence-corrected chi connectivity index (χ3v) is 15.2. The number of carbonyl (C=O) groups is 10. The molecule has 0 aliphatic carbocycles. The van der Waals surface area contributed by atoms with Crippen LogP contribution in [0, 0.1) is 17.8 Å². The molecular weight excluding hydrogens is 1050 g/mol. The maximum atomic E-state index is 14.3. The lowest BCUT2D eigenvalue weighted by Crippen LogP contribution is -2.65. The van der Waals surface area contributed by atoms with Crippen LogP contribution in [0.3, 0.4) is 0 Å². The molecule has 2 rings (SSSR count). The van der Waals surface area contributed by atoms with E-state index in [4.69, 9.17) is 0 Å². The molecule has 10 amide bonds.